The number of cyclic esters (lactones) is 1. The van der Waals surface area contributed by atoms with Crippen molar-refractivity contribution in [3.8, 4) is 0 Å². The van der Waals surface area contributed by atoms with Crippen LogP contribution in [0.4, 0.5) is 0 Å². The highest BCUT2D eigenvalue weighted by atomic mass is 31.2. The maximum atomic E-state index is 13.8. The van der Waals surface area contributed by atoms with Crippen LogP contribution in [-0.4, -0.2) is 143 Å². The van der Waals surface area contributed by atoms with Crippen LogP contribution >= 0.6 is 15.6 Å². The summed E-state index contributed by atoms with van der Waals surface area (Å²) in [5.41, 5.74) is 0. The van der Waals surface area contributed by atoms with Gasteiger partial charge >= 0.3 is 27.6 Å². The predicted octanol–water partition coefficient (Wildman–Crippen LogP) is 4.83. The molecule has 0 amide bonds. The van der Waals surface area contributed by atoms with E-state index in [4.69, 9.17) is 27.8 Å². The topological polar surface area (TPSA) is 326 Å². The number of carbonyl (C=O) groups is 2. The molecule has 2 aliphatic heterocycles. The lowest BCUT2D eigenvalue weighted by molar-refractivity contribution is -0.210. The Morgan fingerprint density at radius 2 is 1.51 bits per heavy atom. The van der Waals surface area contributed by atoms with Crippen LogP contribution in [0.5, 0.6) is 0 Å². The molecule has 0 spiro atoms. The van der Waals surface area contributed by atoms with Crippen LogP contribution in [0, 0.1) is 5.92 Å². The third kappa shape index (κ3) is 26.2. The smallest absolute Gasteiger partial charge is 0.462 e. The van der Waals surface area contributed by atoms with Crippen molar-refractivity contribution < 1.29 is 96.9 Å². The number of carbonyl (C=O) groups excluding carboxylic acids is 2. The fourth-order valence-electron chi connectivity index (χ4n) is 7.65. The zero-order valence-electron chi connectivity index (χ0n) is 39.1. The molecule has 2 bridgehead atoms. The summed E-state index contributed by atoms with van der Waals surface area (Å²) in [6, 6.07) is 0. The van der Waals surface area contributed by atoms with Crippen molar-refractivity contribution in [2.75, 3.05) is 13.2 Å². The first kappa shape index (κ1) is 61.2. The Morgan fingerprint density at radius 1 is 0.866 bits per heavy atom. The van der Waals surface area contributed by atoms with E-state index in [-0.39, 0.29) is 38.5 Å². The van der Waals surface area contributed by atoms with Gasteiger partial charge in [-0.25, -0.2) is 9.13 Å². The first-order valence-electron chi connectivity index (χ1n) is 23.9. The van der Waals surface area contributed by atoms with Crippen LogP contribution in [-0.2, 0) is 46.5 Å². The van der Waals surface area contributed by atoms with Gasteiger partial charge in [0.15, 0.2) is 12.4 Å². The second-order valence-electron chi connectivity index (χ2n) is 17.3. The van der Waals surface area contributed by atoms with Crippen molar-refractivity contribution in [2.45, 2.75) is 216 Å². The number of unbranched alkanes of at least 4 members (excludes halogenated alkanes) is 11. The minimum Gasteiger partial charge on any atom is -0.462 e. The SMILES string of the molecule is CCCCCC/C=C\CCCCCCCC(=O)O[C@@H]1COC(=O)CCCC=CC[C@@H]2[C@@H](O)[C@H](O)[C@@H](O)[C@H](OP(=O)(O)OC1)[C@H](OP(=O)(O)O)[C@H](O)[C@@H](/C=C/[C@@H](O)CCCCC)OC(O)C[C@@H]2O. The van der Waals surface area contributed by atoms with Crippen LogP contribution in [0.25, 0.3) is 0 Å². The molecule has 22 heteroatoms. The zero-order valence-corrected chi connectivity index (χ0v) is 40.9. The highest BCUT2D eigenvalue weighted by Gasteiger charge is 2.50. The van der Waals surface area contributed by atoms with Gasteiger partial charge in [0.2, 0.25) is 0 Å². The Hall–Kier alpha value is -1.94. The first-order chi connectivity index (χ1) is 31.8. The van der Waals surface area contributed by atoms with Crippen molar-refractivity contribution >= 4 is 27.6 Å². The number of allylic oxidation sites excluding steroid dienone is 4. The summed E-state index contributed by atoms with van der Waals surface area (Å²) in [6.45, 7) is 2.49. The Labute approximate surface area is 395 Å². The third-order valence-corrected chi connectivity index (χ3v) is 13.0. The highest BCUT2D eigenvalue weighted by molar-refractivity contribution is 7.47. The van der Waals surface area contributed by atoms with E-state index in [1.165, 1.54) is 31.8 Å². The van der Waals surface area contributed by atoms with Gasteiger partial charge in [0.25, 0.3) is 0 Å². The minimum absolute atomic E-state index is 0.0483. The number of phosphoric ester groups is 2. The average molecular weight is 1000 g/mol. The molecule has 0 aliphatic carbocycles. The molecule has 0 radical (unpaired) electrons. The van der Waals surface area contributed by atoms with Gasteiger partial charge in [0.1, 0.15) is 43.2 Å². The monoisotopic (exact) mass is 1000 g/mol. The summed E-state index contributed by atoms with van der Waals surface area (Å²) < 4.78 is 57.7. The van der Waals surface area contributed by atoms with Gasteiger partial charge in [-0.1, -0.05) is 108 Å². The Kier molecular flexibility index (Phi) is 30.7. The lowest BCUT2D eigenvalue weighted by atomic mass is 9.83. The van der Waals surface area contributed by atoms with E-state index in [0.29, 0.717) is 19.3 Å². The van der Waals surface area contributed by atoms with Crippen LogP contribution < -0.4 is 0 Å². The Bertz CT molecular complexity index is 1560. The Balaban J connectivity index is 2.43. The number of phosphoric acid groups is 2. The summed E-state index contributed by atoms with van der Waals surface area (Å²) in [5.74, 6) is -2.89. The molecule has 67 heavy (non-hydrogen) atoms. The van der Waals surface area contributed by atoms with Crippen LogP contribution in [0.15, 0.2) is 36.5 Å². The van der Waals surface area contributed by atoms with Gasteiger partial charge in [0.05, 0.1) is 24.9 Å². The minimum atomic E-state index is -5.80. The average Bonchev–Trinajstić information content (AvgIpc) is 3.26. The number of esters is 2. The van der Waals surface area contributed by atoms with E-state index < -0.39 is 120 Å². The number of aliphatic hydroxyl groups excluding tert-OH is 7. The maximum absolute atomic E-state index is 13.8. The summed E-state index contributed by atoms with van der Waals surface area (Å²) >= 11 is 0. The lowest BCUT2D eigenvalue weighted by Gasteiger charge is -2.41. The maximum Gasteiger partial charge on any atom is 0.472 e. The number of hydrogen-bond acceptors (Lipinski definition) is 17. The first-order valence-corrected chi connectivity index (χ1v) is 27.0. The van der Waals surface area contributed by atoms with Gasteiger partial charge < -0.3 is 64.6 Å². The number of ether oxygens (including phenoxy) is 3. The second-order valence-corrected chi connectivity index (χ2v) is 19.9. The standard InChI is InChI=1S/C45H80O20P2/c1-3-5-7-8-9-10-11-12-13-14-15-16-22-26-38(49)62-33-30-60-37(48)25-21-18-17-20-24-34-35(47)29-39(50)63-36(28-27-32(46)23-19-6-4-2)41(52)44(64-66(55,56)57)45(43(54)42(53)40(34)51)65-67(58,59)61-31-33/h10-11,17,20,27-28,32-36,39-47,50-54H,3-9,12-16,18-19,21-26,29-31H2,1-2H3,(H,58,59)(H2,55,56,57)/b11-10-,20-17?,28-27+/t32-,33+,34-,35-,36+,39?,40+,41+,42-,43+,44+,45-/m0/s1. The molecule has 2 heterocycles. The molecule has 0 aromatic carbocycles. The number of rotatable bonds is 22. The number of aliphatic hydroxyl groups is 7. The van der Waals surface area contributed by atoms with E-state index in [1.54, 1.807) is 6.08 Å². The van der Waals surface area contributed by atoms with Gasteiger partial charge in [0, 0.05) is 25.2 Å². The fourth-order valence-corrected chi connectivity index (χ4v) is 9.18. The van der Waals surface area contributed by atoms with Crippen molar-refractivity contribution in [3.63, 3.8) is 0 Å². The normalized spacial score (nSPS) is 32.0. The summed E-state index contributed by atoms with van der Waals surface area (Å²) in [4.78, 5) is 56.7. The molecular formula is C45H80O20P2. The molecule has 0 saturated carbocycles. The van der Waals surface area contributed by atoms with E-state index in [0.717, 1.165) is 57.1 Å². The fraction of sp³-hybridized carbons (Fsp3) is 0.822. The molecule has 2 unspecified atom stereocenters. The van der Waals surface area contributed by atoms with E-state index in [9.17, 15) is 69.1 Å². The summed E-state index contributed by atoms with van der Waals surface area (Å²) in [7, 11) is -11.5. The van der Waals surface area contributed by atoms with Gasteiger partial charge in [-0.05, 0) is 57.8 Å². The van der Waals surface area contributed by atoms with E-state index >= 15 is 0 Å². The van der Waals surface area contributed by atoms with Crippen LogP contribution in [0.1, 0.15) is 149 Å². The summed E-state index contributed by atoms with van der Waals surface area (Å²) in [6.07, 6.45) is -1.09. The quantitative estimate of drug-likeness (QED) is 0.0300. The van der Waals surface area contributed by atoms with Crippen LogP contribution in [0.3, 0.4) is 0 Å². The van der Waals surface area contributed by atoms with Gasteiger partial charge in [-0.15, -0.1) is 0 Å². The zero-order chi connectivity index (χ0) is 49.8. The number of fused-ring (bicyclic) bond motifs is 4. The molecule has 0 aromatic rings. The van der Waals surface area contributed by atoms with Crippen LogP contribution in [0.2, 0.25) is 0 Å². The van der Waals surface area contributed by atoms with Crippen molar-refractivity contribution in [1.29, 1.82) is 0 Å². The molecule has 390 valence electrons. The lowest BCUT2D eigenvalue weighted by Crippen LogP contribution is -2.58. The largest absolute Gasteiger partial charge is 0.472 e. The second kappa shape index (κ2) is 33.6. The van der Waals surface area contributed by atoms with Gasteiger partial charge in [-0.3, -0.25) is 23.2 Å². The van der Waals surface area contributed by atoms with E-state index in [1.807, 2.05) is 6.92 Å². The third-order valence-electron chi connectivity index (χ3n) is 11.5. The molecule has 1 fully saturated rings. The summed E-state index contributed by atoms with van der Waals surface area (Å²) in [5, 5.41) is 79.0. The van der Waals surface area contributed by atoms with Crippen molar-refractivity contribution in [2.24, 2.45) is 5.92 Å². The molecule has 10 N–H and O–H groups in total. The van der Waals surface area contributed by atoms with Crippen molar-refractivity contribution in [3.05, 3.63) is 36.5 Å². The highest BCUT2D eigenvalue weighted by Crippen LogP contribution is 2.49. The molecule has 13 atom stereocenters. The molecule has 2 rings (SSSR count). The molecule has 20 nitrogen and oxygen atoms in total. The molecule has 1 saturated heterocycles. The van der Waals surface area contributed by atoms with E-state index in [2.05, 4.69) is 19.1 Å². The van der Waals surface area contributed by atoms with Gasteiger partial charge in [-0.2, -0.15) is 0 Å². The number of hydrogen-bond donors (Lipinski definition) is 10. The molecule has 0 aromatic heterocycles. The molecular weight excluding hydrogens is 922 g/mol. The predicted molar refractivity (Wildman–Crippen MR) is 245 cm³/mol. The molecule has 2 aliphatic rings. The van der Waals surface area contributed by atoms with Crippen molar-refractivity contribution in [1.82, 2.24) is 0 Å². The Morgan fingerprint density at radius 3 is 2.18 bits per heavy atom.